The van der Waals surface area contributed by atoms with Gasteiger partial charge in [-0.1, -0.05) is 23.7 Å². The van der Waals surface area contributed by atoms with Crippen LogP contribution in [0.5, 0.6) is 0 Å². The van der Waals surface area contributed by atoms with Crippen LogP contribution in [0.4, 0.5) is 4.79 Å². The smallest absolute Gasteiger partial charge is 0.407 e. The maximum absolute atomic E-state index is 11.5. The zero-order valence-corrected chi connectivity index (χ0v) is 11.8. The number of halogens is 1. The molecule has 0 saturated carbocycles. The highest BCUT2D eigenvalue weighted by molar-refractivity contribution is 6.30. The average molecular weight is 312 g/mol. The molecule has 1 fully saturated rings. The Morgan fingerprint density at radius 1 is 1.33 bits per heavy atom. The van der Waals surface area contributed by atoms with Gasteiger partial charge in [-0.3, -0.25) is 9.59 Å². The number of hydrogen-bond donors (Lipinski definition) is 3. The summed E-state index contributed by atoms with van der Waals surface area (Å²) >= 11 is 5.74. The van der Waals surface area contributed by atoms with Gasteiger partial charge in [0.25, 0.3) is 0 Å². The van der Waals surface area contributed by atoms with Crippen molar-refractivity contribution in [1.29, 1.82) is 0 Å². The molecule has 1 aliphatic heterocycles. The summed E-state index contributed by atoms with van der Waals surface area (Å²) in [6, 6.07) is 6.09. The van der Waals surface area contributed by atoms with Crippen molar-refractivity contribution in [3.8, 4) is 0 Å². The minimum Gasteiger partial charge on any atom is -0.445 e. The van der Waals surface area contributed by atoms with Crippen molar-refractivity contribution in [2.45, 2.75) is 12.6 Å². The molecule has 1 atom stereocenters. The number of hydrogen-bond acceptors (Lipinski definition) is 4. The molecule has 3 amide bonds. The summed E-state index contributed by atoms with van der Waals surface area (Å²) in [5.74, 6) is -0.636. The summed E-state index contributed by atoms with van der Waals surface area (Å²) in [5.41, 5.74) is 0.790. The van der Waals surface area contributed by atoms with Crippen LogP contribution < -0.4 is 16.0 Å². The molecule has 21 heavy (non-hydrogen) atoms. The number of ether oxygens (including phenoxy) is 1. The monoisotopic (exact) mass is 311 g/mol. The standard InChI is InChI=1S/C13H14ClN3O4/c14-9-3-1-8(2-4-9)7-21-13(20)16-5-10-12(19)15-6-11(18)17-10/h1-4,10H,5-7H2,(H,15,19)(H,16,20)(H,17,18). The number of carbonyl (C=O) groups excluding carboxylic acids is 3. The van der Waals surface area contributed by atoms with Crippen molar-refractivity contribution in [3.63, 3.8) is 0 Å². The van der Waals surface area contributed by atoms with E-state index in [1.54, 1.807) is 24.3 Å². The van der Waals surface area contributed by atoms with Crippen LogP contribution in [0.2, 0.25) is 5.02 Å². The lowest BCUT2D eigenvalue weighted by atomic mass is 10.2. The molecule has 0 bridgehead atoms. The van der Waals surface area contributed by atoms with Crippen LogP contribution in [-0.2, 0) is 20.9 Å². The van der Waals surface area contributed by atoms with Crippen LogP contribution >= 0.6 is 11.6 Å². The fourth-order valence-corrected chi connectivity index (χ4v) is 1.84. The molecule has 0 aliphatic carbocycles. The van der Waals surface area contributed by atoms with Gasteiger partial charge in [0.05, 0.1) is 13.1 Å². The largest absolute Gasteiger partial charge is 0.445 e. The predicted octanol–water partition coefficient (Wildman–Crippen LogP) is 0.181. The predicted molar refractivity (Wildman–Crippen MR) is 74.6 cm³/mol. The minimum atomic E-state index is -0.783. The third kappa shape index (κ3) is 4.64. The second-order valence-corrected chi connectivity index (χ2v) is 4.86. The van der Waals surface area contributed by atoms with Gasteiger partial charge in [-0.05, 0) is 17.7 Å². The lowest BCUT2D eigenvalue weighted by molar-refractivity contribution is -0.133. The zero-order chi connectivity index (χ0) is 15.2. The van der Waals surface area contributed by atoms with Crippen molar-refractivity contribution in [1.82, 2.24) is 16.0 Å². The van der Waals surface area contributed by atoms with Gasteiger partial charge in [0.1, 0.15) is 12.6 Å². The van der Waals surface area contributed by atoms with Crippen LogP contribution in [0.1, 0.15) is 5.56 Å². The van der Waals surface area contributed by atoms with E-state index < -0.39 is 12.1 Å². The van der Waals surface area contributed by atoms with Crippen LogP contribution in [0.3, 0.4) is 0 Å². The molecule has 0 spiro atoms. The second kappa shape index (κ2) is 6.94. The van der Waals surface area contributed by atoms with E-state index in [1.807, 2.05) is 0 Å². The summed E-state index contributed by atoms with van der Waals surface area (Å²) in [7, 11) is 0. The molecule has 1 aromatic carbocycles. The fourth-order valence-electron chi connectivity index (χ4n) is 1.71. The normalized spacial score (nSPS) is 17.7. The summed E-state index contributed by atoms with van der Waals surface area (Å²) in [6.45, 7) is 0.0135. The van der Waals surface area contributed by atoms with Crippen LogP contribution in [0.15, 0.2) is 24.3 Å². The van der Waals surface area contributed by atoms with E-state index >= 15 is 0 Å². The van der Waals surface area contributed by atoms with Crippen molar-refractivity contribution < 1.29 is 19.1 Å². The Hall–Kier alpha value is -2.28. The highest BCUT2D eigenvalue weighted by Gasteiger charge is 2.26. The van der Waals surface area contributed by atoms with Crippen molar-refractivity contribution >= 4 is 29.5 Å². The molecule has 3 N–H and O–H groups in total. The van der Waals surface area contributed by atoms with Gasteiger partial charge < -0.3 is 20.7 Å². The molecule has 1 unspecified atom stereocenters. The lowest BCUT2D eigenvalue weighted by Gasteiger charge is -2.23. The molecule has 1 saturated heterocycles. The van der Waals surface area contributed by atoms with E-state index in [0.29, 0.717) is 5.02 Å². The molecule has 0 radical (unpaired) electrons. The maximum Gasteiger partial charge on any atom is 0.407 e. The molecule has 8 heteroatoms. The second-order valence-electron chi connectivity index (χ2n) is 4.42. The Morgan fingerprint density at radius 3 is 2.76 bits per heavy atom. The molecule has 2 rings (SSSR count). The molecular formula is C13H14ClN3O4. The number of piperazine rings is 1. The van der Waals surface area contributed by atoms with Crippen LogP contribution in [-0.4, -0.2) is 37.0 Å². The number of benzene rings is 1. The molecule has 7 nitrogen and oxygen atoms in total. The highest BCUT2D eigenvalue weighted by Crippen LogP contribution is 2.10. The van der Waals surface area contributed by atoms with Gasteiger partial charge in [-0.2, -0.15) is 0 Å². The summed E-state index contributed by atoms with van der Waals surface area (Å²) in [4.78, 5) is 34.1. The third-order valence-corrected chi connectivity index (χ3v) is 3.06. The van der Waals surface area contributed by atoms with Crippen LogP contribution in [0, 0.1) is 0 Å². The Kier molecular flexibility index (Phi) is 4.99. The third-order valence-electron chi connectivity index (χ3n) is 2.81. The van der Waals surface area contributed by atoms with E-state index in [9.17, 15) is 14.4 Å². The molecule has 1 aromatic rings. The Morgan fingerprint density at radius 2 is 2.05 bits per heavy atom. The molecule has 0 aromatic heterocycles. The first-order chi connectivity index (χ1) is 10.0. The van der Waals surface area contributed by atoms with E-state index in [0.717, 1.165) is 5.56 Å². The number of rotatable bonds is 4. The lowest BCUT2D eigenvalue weighted by Crippen LogP contribution is -2.59. The van der Waals surface area contributed by atoms with Crippen molar-refractivity contribution in [2.24, 2.45) is 0 Å². The topological polar surface area (TPSA) is 96.5 Å². The highest BCUT2D eigenvalue weighted by atomic mass is 35.5. The first kappa shape index (κ1) is 15.1. The van der Waals surface area contributed by atoms with Gasteiger partial charge in [-0.25, -0.2) is 4.79 Å². The van der Waals surface area contributed by atoms with Gasteiger partial charge in [0.15, 0.2) is 0 Å². The van der Waals surface area contributed by atoms with Crippen molar-refractivity contribution in [3.05, 3.63) is 34.9 Å². The summed E-state index contributed by atoms with van der Waals surface area (Å²) < 4.78 is 4.98. The van der Waals surface area contributed by atoms with Gasteiger partial charge in [-0.15, -0.1) is 0 Å². The fraction of sp³-hybridized carbons (Fsp3) is 0.308. The molecule has 112 valence electrons. The Balaban J connectivity index is 1.73. The summed E-state index contributed by atoms with van der Waals surface area (Å²) in [5, 5.41) is 7.90. The van der Waals surface area contributed by atoms with E-state index in [4.69, 9.17) is 16.3 Å². The van der Waals surface area contributed by atoms with Gasteiger partial charge >= 0.3 is 6.09 Å². The zero-order valence-electron chi connectivity index (χ0n) is 11.0. The first-order valence-electron chi connectivity index (χ1n) is 6.27. The number of alkyl carbamates (subject to hydrolysis) is 1. The van der Waals surface area contributed by atoms with Crippen molar-refractivity contribution in [2.75, 3.05) is 13.1 Å². The SMILES string of the molecule is O=C1CNC(=O)C(CNC(=O)OCc2ccc(Cl)cc2)N1. The maximum atomic E-state index is 11.5. The Labute approximate surface area is 126 Å². The number of nitrogens with one attached hydrogen (secondary N) is 3. The molecular weight excluding hydrogens is 298 g/mol. The van der Waals surface area contributed by atoms with E-state index in [-0.39, 0.29) is 31.5 Å². The summed E-state index contributed by atoms with van der Waals surface area (Å²) in [6.07, 6.45) is -0.669. The molecule has 1 heterocycles. The van der Waals surface area contributed by atoms with Crippen LogP contribution in [0.25, 0.3) is 0 Å². The average Bonchev–Trinajstić information content (AvgIpc) is 2.47. The quantitative estimate of drug-likeness (QED) is 0.739. The minimum absolute atomic E-state index is 0.0307. The van der Waals surface area contributed by atoms with E-state index in [1.165, 1.54) is 0 Å². The van der Waals surface area contributed by atoms with Gasteiger partial charge in [0, 0.05) is 5.02 Å². The van der Waals surface area contributed by atoms with Gasteiger partial charge in [0.2, 0.25) is 11.8 Å². The number of carbonyl (C=O) groups is 3. The number of amides is 3. The van der Waals surface area contributed by atoms with E-state index in [2.05, 4.69) is 16.0 Å². The Bertz CT molecular complexity index is 547. The molecule has 1 aliphatic rings. The first-order valence-corrected chi connectivity index (χ1v) is 6.64.